The number of anilines is 1. The van der Waals surface area contributed by atoms with Gasteiger partial charge >= 0.3 is 0 Å². The molecule has 3 rings (SSSR count). The van der Waals surface area contributed by atoms with E-state index < -0.39 is 10.0 Å². The van der Waals surface area contributed by atoms with Gasteiger partial charge in [0.2, 0.25) is 0 Å². The van der Waals surface area contributed by atoms with Gasteiger partial charge in [-0.05, 0) is 42.1 Å². The monoisotopic (exact) mass is 493 g/mol. The SMILES string of the molecule is Cn1cnnc1Sc1ccc(Br)cc1NS(=O)(=O)c1ccc(Cl)nc1Cl. The Morgan fingerprint density at radius 3 is 2.65 bits per heavy atom. The predicted octanol–water partition coefficient (Wildman–Crippen LogP) is 4.23. The summed E-state index contributed by atoms with van der Waals surface area (Å²) < 4.78 is 30.4. The molecule has 0 unspecified atom stereocenters. The van der Waals surface area contributed by atoms with Crippen molar-refractivity contribution in [3.05, 3.63) is 51.4 Å². The van der Waals surface area contributed by atoms with Crippen molar-refractivity contribution in [2.75, 3.05) is 4.72 Å². The van der Waals surface area contributed by atoms with Crippen molar-refractivity contribution in [1.82, 2.24) is 19.7 Å². The lowest BCUT2D eigenvalue weighted by molar-refractivity contribution is 0.601. The third-order valence-corrected chi connectivity index (χ3v) is 6.76. The van der Waals surface area contributed by atoms with Crippen molar-refractivity contribution < 1.29 is 8.42 Å². The third kappa shape index (κ3) is 4.32. The first kappa shape index (κ1) is 19.4. The van der Waals surface area contributed by atoms with Crippen LogP contribution in [0.15, 0.2) is 56.1 Å². The topological polar surface area (TPSA) is 89.8 Å². The van der Waals surface area contributed by atoms with Crippen LogP contribution in [0.4, 0.5) is 5.69 Å². The van der Waals surface area contributed by atoms with Gasteiger partial charge < -0.3 is 4.57 Å². The average Bonchev–Trinajstić information content (AvgIpc) is 2.94. The lowest BCUT2D eigenvalue weighted by atomic mass is 10.3. The number of hydrogen-bond acceptors (Lipinski definition) is 6. The number of nitrogens with one attached hydrogen (secondary N) is 1. The fourth-order valence-corrected chi connectivity index (χ4v) is 4.92. The maximum Gasteiger partial charge on any atom is 0.265 e. The first-order valence-corrected chi connectivity index (χ1v) is 10.8. The number of benzene rings is 1. The molecule has 0 aliphatic rings. The van der Waals surface area contributed by atoms with Gasteiger partial charge in [0.1, 0.15) is 16.4 Å². The molecule has 136 valence electrons. The molecule has 0 aliphatic carbocycles. The first-order valence-electron chi connectivity index (χ1n) is 6.92. The minimum atomic E-state index is -3.97. The summed E-state index contributed by atoms with van der Waals surface area (Å²) in [4.78, 5) is 4.25. The minimum absolute atomic E-state index is 0.106. The molecule has 1 N–H and O–H groups in total. The second kappa shape index (κ2) is 7.73. The number of sulfonamides is 1. The van der Waals surface area contributed by atoms with Crippen LogP contribution in [0.1, 0.15) is 0 Å². The van der Waals surface area contributed by atoms with Crippen LogP contribution in [-0.2, 0) is 17.1 Å². The highest BCUT2D eigenvalue weighted by Gasteiger charge is 2.21. The molecule has 2 aromatic heterocycles. The van der Waals surface area contributed by atoms with Gasteiger partial charge in [-0.25, -0.2) is 13.4 Å². The molecule has 12 heteroatoms. The van der Waals surface area contributed by atoms with E-state index in [1.165, 1.54) is 23.9 Å². The van der Waals surface area contributed by atoms with E-state index in [0.29, 0.717) is 20.2 Å². The third-order valence-electron chi connectivity index (χ3n) is 3.13. The second-order valence-electron chi connectivity index (χ2n) is 5.00. The molecule has 3 aromatic rings. The van der Waals surface area contributed by atoms with E-state index >= 15 is 0 Å². The number of nitrogens with zero attached hydrogens (tertiary/aromatic N) is 4. The summed E-state index contributed by atoms with van der Waals surface area (Å²) in [7, 11) is -2.17. The summed E-state index contributed by atoms with van der Waals surface area (Å²) in [6.07, 6.45) is 1.56. The highest BCUT2D eigenvalue weighted by molar-refractivity contribution is 9.10. The summed E-state index contributed by atoms with van der Waals surface area (Å²) in [6.45, 7) is 0. The van der Waals surface area contributed by atoms with E-state index in [1.54, 1.807) is 36.1 Å². The standard InChI is InChI=1S/C14H10BrCl2N5O2S2/c1-22-7-18-20-14(22)25-10-3-2-8(15)6-9(10)21-26(23,24)11-4-5-12(16)19-13(11)17/h2-7,21H,1H3. The molecule has 1 aromatic carbocycles. The van der Waals surface area contributed by atoms with Gasteiger partial charge in [0, 0.05) is 16.4 Å². The van der Waals surface area contributed by atoms with Crippen molar-refractivity contribution >= 4 is 66.6 Å². The van der Waals surface area contributed by atoms with E-state index in [4.69, 9.17) is 23.2 Å². The molecule has 0 fully saturated rings. The van der Waals surface area contributed by atoms with Gasteiger partial charge in [0.05, 0.1) is 5.69 Å². The zero-order valence-corrected chi connectivity index (χ0v) is 17.8. The zero-order valence-electron chi connectivity index (χ0n) is 13.0. The molecule has 0 bridgehead atoms. The highest BCUT2D eigenvalue weighted by Crippen LogP contribution is 2.35. The zero-order chi connectivity index (χ0) is 18.9. The number of rotatable bonds is 5. The molecule has 0 atom stereocenters. The Morgan fingerprint density at radius 1 is 1.23 bits per heavy atom. The first-order chi connectivity index (χ1) is 12.3. The lowest BCUT2D eigenvalue weighted by Crippen LogP contribution is -2.14. The van der Waals surface area contributed by atoms with Crippen molar-refractivity contribution in [3.63, 3.8) is 0 Å². The maximum absolute atomic E-state index is 12.7. The number of aryl methyl sites for hydroxylation is 1. The molecule has 0 saturated heterocycles. The Bertz CT molecular complexity index is 1070. The van der Waals surface area contributed by atoms with Gasteiger partial charge in [-0.3, -0.25) is 4.72 Å². The van der Waals surface area contributed by atoms with Crippen LogP contribution in [0.2, 0.25) is 10.3 Å². The molecule has 0 aliphatic heterocycles. The Hall–Kier alpha value is -1.33. The van der Waals surface area contributed by atoms with E-state index in [2.05, 4.69) is 35.8 Å². The summed E-state index contributed by atoms with van der Waals surface area (Å²) >= 11 is 16.3. The van der Waals surface area contributed by atoms with Gasteiger partial charge in [0.15, 0.2) is 10.3 Å². The largest absolute Gasteiger partial charge is 0.311 e. The quantitative estimate of drug-likeness (QED) is 0.533. The fourth-order valence-electron chi connectivity index (χ4n) is 1.93. The van der Waals surface area contributed by atoms with Crippen LogP contribution >= 0.6 is 50.9 Å². The normalized spacial score (nSPS) is 11.5. The van der Waals surface area contributed by atoms with E-state index in [9.17, 15) is 8.42 Å². The molecule has 0 amide bonds. The van der Waals surface area contributed by atoms with Gasteiger partial charge in [-0.1, -0.05) is 39.1 Å². The highest BCUT2D eigenvalue weighted by atomic mass is 79.9. The summed E-state index contributed by atoms with van der Waals surface area (Å²) in [6, 6.07) is 7.87. The predicted molar refractivity (Wildman–Crippen MR) is 104 cm³/mol. The number of aromatic nitrogens is 4. The fraction of sp³-hybridized carbons (Fsp3) is 0.0714. The Morgan fingerprint density at radius 2 is 2.00 bits per heavy atom. The van der Waals surface area contributed by atoms with Crippen LogP contribution in [0.5, 0.6) is 0 Å². The average molecular weight is 495 g/mol. The molecular weight excluding hydrogens is 485 g/mol. The van der Waals surface area contributed by atoms with E-state index in [1.807, 2.05) is 0 Å². The lowest BCUT2D eigenvalue weighted by Gasteiger charge is -2.13. The minimum Gasteiger partial charge on any atom is -0.311 e. The maximum atomic E-state index is 12.7. The van der Waals surface area contributed by atoms with Gasteiger partial charge in [-0.2, -0.15) is 0 Å². The summed E-state index contributed by atoms with van der Waals surface area (Å²) in [5.41, 5.74) is 0.360. The van der Waals surface area contributed by atoms with E-state index in [-0.39, 0.29) is 15.2 Å². The van der Waals surface area contributed by atoms with Crippen LogP contribution in [-0.4, -0.2) is 28.2 Å². The van der Waals surface area contributed by atoms with Crippen LogP contribution < -0.4 is 4.72 Å². The molecule has 0 spiro atoms. The number of halogens is 3. The van der Waals surface area contributed by atoms with Crippen LogP contribution in [0, 0.1) is 0 Å². The number of pyridine rings is 1. The molecule has 26 heavy (non-hydrogen) atoms. The molecule has 2 heterocycles. The van der Waals surface area contributed by atoms with Gasteiger partial charge in [-0.15, -0.1) is 10.2 Å². The van der Waals surface area contributed by atoms with E-state index in [0.717, 1.165) is 0 Å². The molecule has 7 nitrogen and oxygen atoms in total. The van der Waals surface area contributed by atoms with Crippen LogP contribution in [0.3, 0.4) is 0 Å². The van der Waals surface area contributed by atoms with Crippen molar-refractivity contribution in [3.8, 4) is 0 Å². The van der Waals surface area contributed by atoms with Gasteiger partial charge in [0.25, 0.3) is 10.0 Å². The molecule has 0 saturated carbocycles. The number of hydrogen-bond donors (Lipinski definition) is 1. The molecule has 0 radical (unpaired) electrons. The summed E-state index contributed by atoms with van der Waals surface area (Å²) in [5, 5.41) is 8.32. The second-order valence-corrected chi connectivity index (χ2v) is 9.32. The van der Waals surface area contributed by atoms with Crippen LogP contribution in [0.25, 0.3) is 0 Å². The summed E-state index contributed by atoms with van der Waals surface area (Å²) in [5.74, 6) is 0. The van der Waals surface area contributed by atoms with Crippen molar-refractivity contribution in [2.24, 2.45) is 7.05 Å². The Kier molecular flexibility index (Phi) is 5.78. The van der Waals surface area contributed by atoms with Crippen molar-refractivity contribution in [2.45, 2.75) is 14.9 Å². The molecular formula is C14H10BrCl2N5O2S2. The van der Waals surface area contributed by atoms with Crippen molar-refractivity contribution in [1.29, 1.82) is 0 Å². The smallest absolute Gasteiger partial charge is 0.265 e. The Labute approximate surface area is 172 Å². The Balaban J connectivity index is 1.98.